The van der Waals surface area contributed by atoms with E-state index in [4.69, 9.17) is 10.5 Å². The zero-order chi connectivity index (χ0) is 19.4. The van der Waals surface area contributed by atoms with E-state index in [1.54, 1.807) is 18.2 Å². The van der Waals surface area contributed by atoms with E-state index in [9.17, 15) is 19.1 Å². The van der Waals surface area contributed by atoms with E-state index >= 15 is 0 Å². The Morgan fingerprint density at radius 2 is 1.96 bits per heavy atom. The molecule has 0 aliphatic carbocycles. The van der Waals surface area contributed by atoms with Gasteiger partial charge in [0.15, 0.2) is 5.75 Å². The summed E-state index contributed by atoms with van der Waals surface area (Å²) in [5.41, 5.74) is 6.68. The van der Waals surface area contributed by atoms with Crippen molar-refractivity contribution in [1.82, 2.24) is 15.5 Å². The third kappa shape index (κ3) is 4.40. The maximum Gasteiger partial charge on any atom is 0.335 e. The maximum atomic E-state index is 13.1. The summed E-state index contributed by atoms with van der Waals surface area (Å²) in [4.78, 5) is 22.2. The number of primary amides is 1. The van der Waals surface area contributed by atoms with E-state index in [2.05, 4.69) is 15.5 Å². The van der Waals surface area contributed by atoms with E-state index in [1.807, 2.05) is 0 Å². The molecule has 2 aromatic carbocycles. The Morgan fingerprint density at radius 1 is 1.22 bits per heavy atom. The number of aromatic nitrogens is 2. The zero-order valence-corrected chi connectivity index (χ0v) is 13.9. The number of nitrogens with one attached hydrogen (secondary N) is 2. The fourth-order valence-electron chi connectivity index (χ4n) is 2.44. The van der Waals surface area contributed by atoms with Gasteiger partial charge >= 0.3 is 12.0 Å². The molecule has 27 heavy (non-hydrogen) atoms. The van der Waals surface area contributed by atoms with Gasteiger partial charge in [-0.15, -0.1) is 0 Å². The molecule has 3 rings (SSSR count). The van der Waals surface area contributed by atoms with E-state index in [0.717, 1.165) is 0 Å². The number of hydrogen-bond acceptors (Lipinski definition) is 4. The number of halogens is 1. The Labute approximate surface area is 152 Å². The molecule has 0 aliphatic rings. The molecule has 0 saturated carbocycles. The average molecular weight is 370 g/mol. The molecule has 8 nitrogen and oxygen atoms in total. The summed E-state index contributed by atoms with van der Waals surface area (Å²) in [5.74, 6) is -0.952. The van der Waals surface area contributed by atoms with E-state index in [0.29, 0.717) is 22.6 Å². The number of urea groups is 1. The lowest BCUT2D eigenvalue weighted by Gasteiger charge is -2.10. The van der Waals surface area contributed by atoms with Gasteiger partial charge < -0.3 is 20.9 Å². The van der Waals surface area contributed by atoms with Crippen LogP contribution < -0.4 is 15.8 Å². The number of carboxylic acids is 1. The Morgan fingerprint density at radius 3 is 2.63 bits per heavy atom. The van der Waals surface area contributed by atoms with E-state index < -0.39 is 12.0 Å². The van der Waals surface area contributed by atoms with Crippen LogP contribution in [0, 0.1) is 5.82 Å². The van der Waals surface area contributed by atoms with Gasteiger partial charge in [-0.05, 0) is 48.0 Å². The van der Waals surface area contributed by atoms with Crippen LogP contribution in [0.25, 0.3) is 11.3 Å². The van der Waals surface area contributed by atoms with Crippen molar-refractivity contribution in [1.29, 1.82) is 0 Å². The number of rotatable bonds is 6. The number of nitrogens with two attached hydrogens (primary N) is 1. The van der Waals surface area contributed by atoms with Crippen molar-refractivity contribution in [2.45, 2.75) is 6.54 Å². The van der Waals surface area contributed by atoms with Crippen LogP contribution in [0.3, 0.4) is 0 Å². The first-order valence-corrected chi connectivity index (χ1v) is 7.80. The van der Waals surface area contributed by atoms with Gasteiger partial charge in [0.05, 0.1) is 11.8 Å². The number of aromatic amines is 1. The molecule has 0 fully saturated rings. The lowest BCUT2D eigenvalue weighted by molar-refractivity contribution is 0.0696. The Kier molecular flexibility index (Phi) is 5.02. The number of hydrogen-bond donors (Lipinski definition) is 4. The van der Waals surface area contributed by atoms with Gasteiger partial charge in [0.25, 0.3) is 0 Å². The predicted octanol–water partition coefficient (Wildman–Crippen LogP) is 2.87. The summed E-state index contributed by atoms with van der Waals surface area (Å²) < 4.78 is 18.9. The first kappa shape index (κ1) is 17.9. The van der Waals surface area contributed by atoms with Gasteiger partial charge in [-0.1, -0.05) is 0 Å². The van der Waals surface area contributed by atoms with E-state index in [1.165, 1.54) is 30.5 Å². The third-order valence-electron chi connectivity index (χ3n) is 3.65. The minimum atomic E-state index is -1.15. The molecule has 9 heteroatoms. The van der Waals surface area contributed by atoms with Crippen molar-refractivity contribution in [2.75, 3.05) is 0 Å². The summed E-state index contributed by atoms with van der Waals surface area (Å²) >= 11 is 0. The van der Waals surface area contributed by atoms with Crippen LogP contribution in [-0.2, 0) is 6.54 Å². The summed E-state index contributed by atoms with van der Waals surface area (Å²) in [7, 11) is 0. The van der Waals surface area contributed by atoms with Crippen LogP contribution in [0.4, 0.5) is 9.18 Å². The smallest absolute Gasteiger partial charge is 0.335 e. The highest BCUT2D eigenvalue weighted by molar-refractivity contribution is 5.88. The lowest BCUT2D eigenvalue weighted by Crippen LogP contribution is -2.28. The highest BCUT2D eigenvalue weighted by Gasteiger charge is 2.13. The first-order valence-electron chi connectivity index (χ1n) is 7.80. The minimum Gasteiger partial charge on any atom is -0.478 e. The van der Waals surface area contributed by atoms with Crippen LogP contribution in [0.1, 0.15) is 15.9 Å². The van der Waals surface area contributed by atoms with Crippen LogP contribution in [0.15, 0.2) is 48.7 Å². The number of carboxylic acid groups (broad SMARTS) is 1. The zero-order valence-electron chi connectivity index (χ0n) is 13.9. The molecule has 0 atom stereocenters. The van der Waals surface area contributed by atoms with Gasteiger partial charge in [0, 0.05) is 12.1 Å². The second-order valence-electron chi connectivity index (χ2n) is 5.61. The predicted molar refractivity (Wildman–Crippen MR) is 93.9 cm³/mol. The number of aromatic carboxylic acids is 1. The van der Waals surface area contributed by atoms with Crippen molar-refractivity contribution < 1.29 is 23.8 Å². The van der Waals surface area contributed by atoms with Gasteiger partial charge in [0.2, 0.25) is 0 Å². The largest absolute Gasteiger partial charge is 0.478 e. The summed E-state index contributed by atoms with van der Waals surface area (Å²) in [6.45, 7) is 0.0447. The summed E-state index contributed by atoms with van der Waals surface area (Å²) in [6.07, 6.45) is 1.42. The van der Waals surface area contributed by atoms with Gasteiger partial charge in [-0.2, -0.15) is 5.10 Å². The molecular weight excluding hydrogens is 355 g/mol. The standard InChI is InChI=1S/C18H15FN4O4/c19-13-3-1-11(2-4-13)16-15(9-22-23-16)27-14-6-10(8-21-18(20)26)5-12(7-14)17(24)25/h1-7,9H,8H2,(H,22,23)(H,24,25)(H3,20,21,26). The SMILES string of the molecule is NC(=O)NCc1cc(Oc2cn[nH]c2-c2ccc(F)cc2)cc(C(=O)O)c1. The molecule has 3 aromatic rings. The average Bonchev–Trinajstić information content (AvgIpc) is 3.08. The maximum absolute atomic E-state index is 13.1. The molecule has 0 aliphatic heterocycles. The second kappa shape index (κ2) is 7.56. The van der Waals surface area contributed by atoms with Gasteiger partial charge in [-0.25, -0.2) is 14.0 Å². The molecule has 0 bridgehead atoms. The molecule has 5 N–H and O–H groups in total. The van der Waals surface area contributed by atoms with Gasteiger partial charge in [-0.3, -0.25) is 5.10 Å². The van der Waals surface area contributed by atoms with Crippen LogP contribution in [-0.4, -0.2) is 27.3 Å². The fourth-order valence-corrected chi connectivity index (χ4v) is 2.44. The minimum absolute atomic E-state index is 0.0133. The molecule has 0 saturated heterocycles. The number of benzene rings is 2. The monoisotopic (exact) mass is 370 g/mol. The number of nitrogens with zero attached hydrogens (tertiary/aromatic N) is 1. The number of carbonyl (C=O) groups excluding carboxylic acids is 1. The highest BCUT2D eigenvalue weighted by Crippen LogP contribution is 2.32. The highest BCUT2D eigenvalue weighted by atomic mass is 19.1. The number of amides is 2. The number of ether oxygens (including phenoxy) is 1. The van der Waals surface area contributed by atoms with Crippen molar-refractivity contribution in [2.24, 2.45) is 5.73 Å². The Hall–Kier alpha value is -3.88. The van der Waals surface area contributed by atoms with Crippen LogP contribution in [0.5, 0.6) is 11.5 Å². The normalized spacial score (nSPS) is 10.4. The Bertz CT molecular complexity index is 985. The van der Waals surface area contributed by atoms with Crippen molar-refractivity contribution in [3.05, 3.63) is 65.6 Å². The first-order chi connectivity index (χ1) is 12.9. The molecule has 1 aromatic heterocycles. The molecular formula is C18H15FN4O4. The molecule has 0 unspecified atom stereocenters. The lowest BCUT2D eigenvalue weighted by atomic mass is 10.1. The summed E-state index contributed by atoms with van der Waals surface area (Å²) in [5, 5.41) is 18.4. The molecule has 138 valence electrons. The quantitative estimate of drug-likeness (QED) is 0.530. The van der Waals surface area contributed by atoms with Gasteiger partial charge in [0.1, 0.15) is 17.3 Å². The topological polar surface area (TPSA) is 130 Å². The van der Waals surface area contributed by atoms with Crippen molar-refractivity contribution in [3.8, 4) is 22.8 Å². The fraction of sp³-hybridized carbons (Fsp3) is 0.0556. The molecule has 0 spiro atoms. The number of carbonyl (C=O) groups is 2. The van der Waals surface area contributed by atoms with Crippen molar-refractivity contribution in [3.63, 3.8) is 0 Å². The second-order valence-corrected chi connectivity index (χ2v) is 5.61. The van der Waals surface area contributed by atoms with E-state index in [-0.39, 0.29) is 23.7 Å². The number of H-pyrrole nitrogens is 1. The molecule has 0 radical (unpaired) electrons. The van der Waals surface area contributed by atoms with Crippen molar-refractivity contribution >= 4 is 12.0 Å². The summed E-state index contributed by atoms with van der Waals surface area (Å²) in [6, 6.07) is 9.32. The van der Waals surface area contributed by atoms with Crippen LogP contribution >= 0.6 is 0 Å². The van der Waals surface area contributed by atoms with Crippen LogP contribution in [0.2, 0.25) is 0 Å². The molecule has 2 amide bonds. The molecule has 1 heterocycles. The Balaban J connectivity index is 1.91. The third-order valence-corrected chi connectivity index (χ3v) is 3.65.